The molecule has 0 fully saturated rings. The molecule has 0 unspecified atom stereocenters. The molecule has 0 aliphatic carbocycles. The van der Waals surface area contributed by atoms with Gasteiger partial charge in [0.25, 0.3) is 5.91 Å². The number of carbonyl (C=O) groups excluding carboxylic acids is 2. The largest absolute Gasteiger partial charge is 0.483 e. The highest BCUT2D eigenvalue weighted by Crippen LogP contribution is 2.22. The van der Waals surface area contributed by atoms with E-state index in [4.69, 9.17) is 4.74 Å². The normalized spacial score (nSPS) is 10.4. The van der Waals surface area contributed by atoms with Crippen LogP contribution in [0.15, 0.2) is 46.9 Å². The highest BCUT2D eigenvalue weighted by molar-refractivity contribution is 9.10. The Bertz CT molecular complexity index is 758. The summed E-state index contributed by atoms with van der Waals surface area (Å²) in [5.74, 6) is 0.292. The molecule has 2 amide bonds. The van der Waals surface area contributed by atoms with E-state index in [0.29, 0.717) is 17.1 Å². The number of rotatable bonds is 6. The molecule has 0 saturated heterocycles. The lowest BCUT2D eigenvalue weighted by molar-refractivity contribution is -0.119. The first-order valence-corrected chi connectivity index (χ1v) is 8.74. The number of carbonyl (C=O) groups is 2. The van der Waals surface area contributed by atoms with E-state index in [1.807, 2.05) is 39.0 Å². The van der Waals surface area contributed by atoms with Gasteiger partial charge in [-0.2, -0.15) is 0 Å². The van der Waals surface area contributed by atoms with Gasteiger partial charge in [-0.15, -0.1) is 0 Å². The zero-order valence-electron chi connectivity index (χ0n) is 14.4. The van der Waals surface area contributed by atoms with Crippen LogP contribution in [0.25, 0.3) is 0 Å². The molecule has 2 N–H and O–H groups in total. The van der Waals surface area contributed by atoms with Crippen LogP contribution in [0, 0.1) is 12.8 Å². The molecule has 0 spiro atoms. The second-order valence-corrected chi connectivity index (χ2v) is 6.88. The van der Waals surface area contributed by atoms with Crippen LogP contribution in [-0.4, -0.2) is 18.4 Å². The third-order valence-electron chi connectivity index (χ3n) is 3.46. The molecule has 6 heteroatoms. The van der Waals surface area contributed by atoms with E-state index < -0.39 is 0 Å². The first-order valence-electron chi connectivity index (χ1n) is 7.95. The van der Waals surface area contributed by atoms with Crippen molar-refractivity contribution in [3.8, 4) is 5.75 Å². The average molecular weight is 405 g/mol. The molecule has 0 aromatic heterocycles. The number of hydrogen-bond donors (Lipinski definition) is 2. The third kappa shape index (κ3) is 5.90. The summed E-state index contributed by atoms with van der Waals surface area (Å²) in [5, 5.41) is 5.56. The second-order valence-electron chi connectivity index (χ2n) is 5.97. The Morgan fingerprint density at radius 1 is 1.04 bits per heavy atom. The summed E-state index contributed by atoms with van der Waals surface area (Å²) in [6, 6.07) is 12.6. The number of amides is 2. The molecule has 0 saturated carbocycles. The number of benzene rings is 2. The first-order chi connectivity index (χ1) is 11.8. The van der Waals surface area contributed by atoms with Crippen LogP contribution in [0.2, 0.25) is 0 Å². The van der Waals surface area contributed by atoms with E-state index in [1.165, 1.54) is 0 Å². The minimum Gasteiger partial charge on any atom is -0.483 e. The van der Waals surface area contributed by atoms with Crippen LogP contribution in [0.1, 0.15) is 19.4 Å². The number of ether oxygens (including phenoxy) is 1. The van der Waals surface area contributed by atoms with Crippen molar-refractivity contribution >= 4 is 39.1 Å². The molecule has 5 nitrogen and oxygen atoms in total. The van der Waals surface area contributed by atoms with Crippen LogP contribution in [-0.2, 0) is 9.59 Å². The quantitative estimate of drug-likeness (QED) is 0.750. The van der Waals surface area contributed by atoms with Gasteiger partial charge in [-0.3, -0.25) is 9.59 Å². The topological polar surface area (TPSA) is 67.4 Å². The number of hydrogen-bond acceptors (Lipinski definition) is 3. The Labute approximate surface area is 155 Å². The lowest BCUT2D eigenvalue weighted by atomic mass is 10.2. The average Bonchev–Trinajstić information content (AvgIpc) is 2.55. The molecule has 0 bridgehead atoms. The Morgan fingerprint density at radius 2 is 1.64 bits per heavy atom. The van der Waals surface area contributed by atoms with E-state index >= 15 is 0 Å². The molecule has 2 rings (SSSR count). The number of anilines is 2. The summed E-state index contributed by atoms with van der Waals surface area (Å²) in [6.45, 7) is 5.50. The van der Waals surface area contributed by atoms with E-state index in [-0.39, 0.29) is 24.3 Å². The summed E-state index contributed by atoms with van der Waals surface area (Å²) in [7, 11) is 0. The van der Waals surface area contributed by atoms with Crippen molar-refractivity contribution in [3.63, 3.8) is 0 Å². The van der Waals surface area contributed by atoms with Gasteiger partial charge in [-0.05, 0) is 55.0 Å². The Hall–Kier alpha value is -2.34. The van der Waals surface area contributed by atoms with Gasteiger partial charge in [-0.1, -0.05) is 29.8 Å². The molecule has 0 aliphatic heterocycles. The lowest BCUT2D eigenvalue weighted by Crippen LogP contribution is -2.20. The van der Waals surface area contributed by atoms with Crippen molar-refractivity contribution in [2.24, 2.45) is 5.92 Å². The van der Waals surface area contributed by atoms with Gasteiger partial charge in [0.1, 0.15) is 5.75 Å². The Balaban J connectivity index is 1.87. The number of halogens is 1. The molecule has 0 radical (unpaired) electrons. The van der Waals surface area contributed by atoms with E-state index in [1.54, 1.807) is 24.3 Å². The predicted octanol–water partition coefficient (Wildman–Crippen LogP) is 4.37. The molecule has 2 aromatic rings. The van der Waals surface area contributed by atoms with Crippen LogP contribution in [0.5, 0.6) is 5.75 Å². The summed E-state index contributed by atoms with van der Waals surface area (Å²) in [5.41, 5.74) is 2.29. The Kier molecular flexibility index (Phi) is 6.58. The minimum atomic E-state index is -0.249. The summed E-state index contributed by atoms with van der Waals surface area (Å²) in [4.78, 5) is 23.6. The van der Waals surface area contributed by atoms with Gasteiger partial charge >= 0.3 is 0 Å². The maximum absolute atomic E-state index is 12.0. The molecular weight excluding hydrogens is 384 g/mol. The molecule has 132 valence electrons. The van der Waals surface area contributed by atoms with Gasteiger partial charge in [0, 0.05) is 21.8 Å². The number of nitrogens with one attached hydrogen (secondary N) is 2. The van der Waals surface area contributed by atoms with Crippen molar-refractivity contribution in [2.75, 3.05) is 17.2 Å². The molecular formula is C19H21BrN2O3. The van der Waals surface area contributed by atoms with Gasteiger partial charge in [0.2, 0.25) is 5.91 Å². The molecule has 25 heavy (non-hydrogen) atoms. The van der Waals surface area contributed by atoms with Gasteiger partial charge < -0.3 is 15.4 Å². The SMILES string of the molecule is Cc1cc(Br)ccc1OCC(=O)Nc1ccc(NC(=O)C(C)C)cc1. The molecule has 0 heterocycles. The second kappa shape index (κ2) is 8.67. The Morgan fingerprint density at radius 3 is 2.20 bits per heavy atom. The van der Waals surface area contributed by atoms with Gasteiger partial charge in [-0.25, -0.2) is 0 Å². The van der Waals surface area contributed by atoms with Crippen LogP contribution >= 0.6 is 15.9 Å². The fourth-order valence-corrected chi connectivity index (χ4v) is 2.51. The van der Waals surface area contributed by atoms with Crippen LogP contribution in [0.3, 0.4) is 0 Å². The predicted molar refractivity (Wildman–Crippen MR) is 103 cm³/mol. The summed E-state index contributed by atoms with van der Waals surface area (Å²) in [6.07, 6.45) is 0. The van der Waals surface area contributed by atoms with Crippen LogP contribution in [0.4, 0.5) is 11.4 Å². The fraction of sp³-hybridized carbons (Fsp3) is 0.263. The molecule has 0 aliphatic rings. The monoisotopic (exact) mass is 404 g/mol. The summed E-state index contributed by atoms with van der Waals surface area (Å²) >= 11 is 3.39. The van der Waals surface area contributed by atoms with E-state index in [2.05, 4.69) is 26.6 Å². The van der Waals surface area contributed by atoms with Crippen molar-refractivity contribution in [3.05, 3.63) is 52.5 Å². The standard InChI is InChI=1S/C19H21BrN2O3/c1-12(2)19(24)22-16-7-5-15(6-8-16)21-18(23)11-25-17-9-4-14(20)10-13(17)3/h4-10,12H,11H2,1-3H3,(H,21,23)(H,22,24). The highest BCUT2D eigenvalue weighted by Gasteiger charge is 2.08. The van der Waals surface area contributed by atoms with Gasteiger partial charge in [0.15, 0.2) is 6.61 Å². The zero-order valence-corrected chi connectivity index (χ0v) is 16.0. The van der Waals surface area contributed by atoms with Crippen molar-refractivity contribution in [2.45, 2.75) is 20.8 Å². The molecule has 2 aromatic carbocycles. The summed E-state index contributed by atoms with van der Waals surface area (Å²) < 4.78 is 6.50. The zero-order chi connectivity index (χ0) is 18.4. The highest BCUT2D eigenvalue weighted by atomic mass is 79.9. The van der Waals surface area contributed by atoms with Crippen molar-refractivity contribution in [1.82, 2.24) is 0 Å². The van der Waals surface area contributed by atoms with Crippen LogP contribution < -0.4 is 15.4 Å². The first kappa shape index (κ1) is 19.0. The van der Waals surface area contributed by atoms with Gasteiger partial charge in [0.05, 0.1) is 0 Å². The van der Waals surface area contributed by atoms with E-state index in [9.17, 15) is 9.59 Å². The fourth-order valence-electron chi connectivity index (χ4n) is 2.04. The maximum Gasteiger partial charge on any atom is 0.262 e. The number of aryl methyl sites for hydroxylation is 1. The smallest absolute Gasteiger partial charge is 0.262 e. The maximum atomic E-state index is 12.0. The minimum absolute atomic E-state index is 0.0462. The van der Waals surface area contributed by atoms with Crippen molar-refractivity contribution < 1.29 is 14.3 Å². The third-order valence-corrected chi connectivity index (χ3v) is 3.95. The van der Waals surface area contributed by atoms with Crippen molar-refractivity contribution in [1.29, 1.82) is 0 Å². The lowest BCUT2D eigenvalue weighted by Gasteiger charge is -2.11. The molecule has 0 atom stereocenters. The van der Waals surface area contributed by atoms with E-state index in [0.717, 1.165) is 10.0 Å².